The fourth-order valence-corrected chi connectivity index (χ4v) is 3.12. The number of benzene rings is 2. The Bertz CT molecular complexity index is 760. The molecule has 1 amide bonds. The highest BCUT2D eigenvalue weighted by molar-refractivity contribution is 5.99. The van der Waals surface area contributed by atoms with Crippen LogP contribution in [0.5, 0.6) is 5.75 Å². The summed E-state index contributed by atoms with van der Waals surface area (Å²) in [6, 6.07) is 18.2. The van der Waals surface area contributed by atoms with Crippen molar-refractivity contribution >= 4 is 12.0 Å². The average Bonchev–Trinajstić information content (AvgIpc) is 3.41. The molecule has 1 aliphatic carbocycles. The zero-order valence-electron chi connectivity index (χ0n) is 12.9. The van der Waals surface area contributed by atoms with Crippen LogP contribution in [-0.2, 0) is 10.2 Å². The molecule has 1 aliphatic heterocycles. The molecule has 0 spiro atoms. The van der Waals surface area contributed by atoms with Crippen LogP contribution >= 0.6 is 0 Å². The molecule has 0 atom stereocenters. The van der Waals surface area contributed by atoms with Gasteiger partial charge in [-0.25, -0.2) is 0 Å². The summed E-state index contributed by atoms with van der Waals surface area (Å²) in [5.74, 6) is 0.814. The van der Waals surface area contributed by atoms with E-state index in [1.54, 1.807) is 0 Å². The second-order valence-corrected chi connectivity index (χ2v) is 6.33. The van der Waals surface area contributed by atoms with E-state index in [0.29, 0.717) is 18.7 Å². The maximum Gasteiger partial charge on any atom is 0.250 e. The van der Waals surface area contributed by atoms with Crippen LogP contribution in [0, 0.1) is 0 Å². The van der Waals surface area contributed by atoms with Crippen molar-refractivity contribution in [3.63, 3.8) is 0 Å². The molecule has 3 heteroatoms. The summed E-state index contributed by atoms with van der Waals surface area (Å²) in [5, 5.41) is 3.10. The lowest BCUT2D eigenvalue weighted by Gasteiger charge is -2.20. The van der Waals surface area contributed by atoms with Gasteiger partial charge in [0.25, 0.3) is 5.91 Å². The molecule has 116 valence electrons. The van der Waals surface area contributed by atoms with Crippen molar-refractivity contribution in [3.05, 3.63) is 71.3 Å². The second-order valence-electron chi connectivity index (χ2n) is 6.33. The van der Waals surface area contributed by atoms with Crippen molar-refractivity contribution in [1.29, 1.82) is 0 Å². The molecule has 0 unspecified atom stereocenters. The number of carbonyl (C=O) groups excluding carboxylic acids is 1. The summed E-state index contributed by atoms with van der Waals surface area (Å²) in [6.07, 6.45) is 4.20. The zero-order chi connectivity index (χ0) is 15.7. The van der Waals surface area contributed by atoms with E-state index in [-0.39, 0.29) is 11.3 Å². The lowest BCUT2D eigenvalue weighted by atomic mass is 9.96. The summed E-state index contributed by atoms with van der Waals surface area (Å²) in [4.78, 5) is 12.5. The molecule has 0 aromatic heterocycles. The number of fused-ring (bicyclic) bond motifs is 1. The van der Waals surface area contributed by atoms with E-state index >= 15 is 0 Å². The highest BCUT2D eigenvalue weighted by Gasteiger charge is 2.44. The third-order valence-electron chi connectivity index (χ3n) is 4.75. The number of carbonyl (C=O) groups is 1. The largest absolute Gasteiger partial charge is 0.488 e. The van der Waals surface area contributed by atoms with Gasteiger partial charge in [0.15, 0.2) is 0 Å². The van der Waals surface area contributed by atoms with Gasteiger partial charge in [0, 0.05) is 17.5 Å². The van der Waals surface area contributed by atoms with Crippen molar-refractivity contribution in [2.45, 2.75) is 18.3 Å². The molecule has 0 bridgehead atoms. The van der Waals surface area contributed by atoms with E-state index < -0.39 is 0 Å². The van der Waals surface area contributed by atoms with Crippen LogP contribution in [0.1, 0.15) is 24.0 Å². The first-order chi connectivity index (χ1) is 11.3. The minimum Gasteiger partial charge on any atom is -0.488 e. The number of hydrogen-bond acceptors (Lipinski definition) is 2. The molecule has 4 rings (SSSR count). The summed E-state index contributed by atoms with van der Waals surface area (Å²) < 4.78 is 5.66. The zero-order valence-corrected chi connectivity index (χ0v) is 12.9. The number of ether oxygens (including phenoxy) is 1. The Morgan fingerprint density at radius 3 is 2.57 bits per heavy atom. The van der Waals surface area contributed by atoms with Crippen molar-refractivity contribution < 1.29 is 9.53 Å². The number of rotatable bonds is 4. The van der Waals surface area contributed by atoms with Crippen LogP contribution in [0.2, 0.25) is 0 Å². The Labute approximate surface area is 136 Å². The standard InChI is InChI=1S/C20H19NO2/c22-19(16-12-15-6-4-5-9-18(15)23-13-16)21-14-20(10-11-20)17-7-2-1-3-8-17/h1-9,12H,10-11,13-14H2,(H,21,22). The molecule has 2 aromatic carbocycles. The molecule has 2 aliphatic rings. The summed E-state index contributed by atoms with van der Waals surface area (Å²) >= 11 is 0. The van der Waals surface area contributed by atoms with E-state index in [1.807, 2.05) is 36.4 Å². The third-order valence-corrected chi connectivity index (χ3v) is 4.75. The Morgan fingerprint density at radius 1 is 1.04 bits per heavy atom. The number of nitrogens with one attached hydrogen (secondary N) is 1. The molecule has 1 heterocycles. The first-order valence-electron chi connectivity index (χ1n) is 8.03. The van der Waals surface area contributed by atoms with Gasteiger partial charge in [-0.3, -0.25) is 4.79 Å². The summed E-state index contributed by atoms with van der Waals surface area (Å²) in [5.41, 5.74) is 3.10. The number of amides is 1. The van der Waals surface area contributed by atoms with Crippen molar-refractivity contribution in [3.8, 4) is 5.75 Å². The van der Waals surface area contributed by atoms with Crippen LogP contribution in [-0.4, -0.2) is 19.1 Å². The van der Waals surface area contributed by atoms with Gasteiger partial charge in [0.1, 0.15) is 12.4 Å². The number of hydrogen-bond donors (Lipinski definition) is 1. The lowest BCUT2D eigenvalue weighted by molar-refractivity contribution is -0.117. The van der Waals surface area contributed by atoms with Crippen LogP contribution in [0.4, 0.5) is 0 Å². The smallest absolute Gasteiger partial charge is 0.250 e. The molecule has 0 saturated heterocycles. The predicted octanol–water partition coefficient (Wildman–Crippen LogP) is 3.31. The quantitative estimate of drug-likeness (QED) is 0.941. The predicted molar refractivity (Wildman–Crippen MR) is 90.3 cm³/mol. The van der Waals surface area contributed by atoms with E-state index in [4.69, 9.17) is 4.74 Å². The van der Waals surface area contributed by atoms with Gasteiger partial charge in [-0.1, -0.05) is 48.5 Å². The first-order valence-corrected chi connectivity index (χ1v) is 8.03. The molecule has 2 aromatic rings. The van der Waals surface area contributed by atoms with Crippen LogP contribution in [0.3, 0.4) is 0 Å². The summed E-state index contributed by atoms with van der Waals surface area (Å²) in [7, 11) is 0. The minimum absolute atomic E-state index is 0.0262. The molecule has 1 fully saturated rings. The Morgan fingerprint density at radius 2 is 1.78 bits per heavy atom. The highest BCUT2D eigenvalue weighted by Crippen LogP contribution is 2.47. The Balaban J connectivity index is 1.45. The molecule has 0 radical (unpaired) electrons. The second kappa shape index (κ2) is 5.58. The first kappa shape index (κ1) is 14.1. The van der Waals surface area contributed by atoms with Gasteiger partial charge in [-0.05, 0) is 30.5 Å². The molecule has 3 nitrogen and oxygen atoms in total. The van der Waals surface area contributed by atoms with Gasteiger partial charge >= 0.3 is 0 Å². The maximum absolute atomic E-state index is 12.5. The number of para-hydroxylation sites is 1. The molecule has 23 heavy (non-hydrogen) atoms. The van der Waals surface area contributed by atoms with Crippen LogP contribution in [0.25, 0.3) is 6.08 Å². The van der Waals surface area contributed by atoms with E-state index in [0.717, 1.165) is 24.2 Å². The average molecular weight is 305 g/mol. The third kappa shape index (κ3) is 2.74. The molecular formula is C20H19NO2. The highest BCUT2D eigenvalue weighted by atomic mass is 16.5. The van der Waals surface area contributed by atoms with Gasteiger partial charge < -0.3 is 10.1 Å². The van der Waals surface area contributed by atoms with Gasteiger partial charge in [0.2, 0.25) is 0 Å². The fourth-order valence-electron chi connectivity index (χ4n) is 3.12. The van der Waals surface area contributed by atoms with Gasteiger partial charge in [-0.15, -0.1) is 0 Å². The van der Waals surface area contributed by atoms with E-state index in [9.17, 15) is 4.79 Å². The minimum atomic E-state index is -0.0262. The van der Waals surface area contributed by atoms with E-state index in [2.05, 4.69) is 29.6 Å². The lowest BCUT2D eigenvalue weighted by Crippen LogP contribution is -2.34. The molecule has 1 saturated carbocycles. The Kier molecular flexibility index (Phi) is 3.41. The van der Waals surface area contributed by atoms with Crippen LogP contribution < -0.4 is 10.1 Å². The van der Waals surface area contributed by atoms with Crippen molar-refractivity contribution in [2.75, 3.05) is 13.2 Å². The van der Waals surface area contributed by atoms with Gasteiger partial charge in [-0.2, -0.15) is 0 Å². The maximum atomic E-state index is 12.5. The molecular weight excluding hydrogens is 286 g/mol. The Hall–Kier alpha value is -2.55. The topological polar surface area (TPSA) is 38.3 Å². The van der Waals surface area contributed by atoms with Crippen molar-refractivity contribution in [1.82, 2.24) is 5.32 Å². The summed E-state index contributed by atoms with van der Waals surface area (Å²) in [6.45, 7) is 1.02. The molecule has 1 N–H and O–H groups in total. The monoisotopic (exact) mass is 305 g/mol. The fraction of sp³-hybridized carbons (Fsp3) is 0.250. The van der Waals surface area contributed by atoms with Crippen LogP contribution in [0.15, 0.2) is 60.2 Å². The SMILES string of the molecule is O=C(NCC1(c2ccccc2)CC1)C1=Cc2ccccc2OC1. The normalized spacial score (nSPS) is 17.5. The van der Waals surface area contributed by atoms with Gasteiger partial charge in [0.05, 0.1) is 5.57 Å². The van der Waals surface area contributed by atoms with E-state index in [1.165, 1.54) is 5.56 Å². The van der Waals surface area contributed by atoms with Crippen molar-refractivity contribution in [2.24, 2.45) is 0 Å².